The van der Waals surface area contributed by atoms with E-state index in [9.17, 15) is 14.4 Å². The van der Waals surface area contributed by atoms with E-state index in [0.29, 0.717) is 31.6 Å². The molecule has 0 N–H and O–H groups in total. The van der Waals surface area contributed by atoms with E-state index in [1.165, 1.54) is 7.11 Å². The minimum absolute atomic E-state index is 0.0262. The predicted molar refractivity (Wildman–Crippen MR) is 140 cm³/mol. The summed E-state index contributed by atoms with van der Waals surface area (Å²) >= 11 is 0. The average molecular weight is 515 g/mol. The van der Waals surface area contributed by atoms with Crippen LogP contribution in [0.2, 0.25) is 18.1 Å². The number of carbonyl (C=O) groups excluding carboxylic acids is 3. The molecule has 36 heavy (non-hydrogen) atoms. The van der Waals surface area contributed by atoms with Crippen LogP contribution in [0.3, 0.4) is 0 Å². The zero-order valence-electron chi connectivity index (χ0n) is 22.5. The van der Waals surface area contributed by atoms with Crippen molar-refractivity contribution < 1.29 is 28.3 Å². The molecule has 0 bridgehead atoms. The normalized spacial score (nSPS) is 22.6. The molecular weight excluding hydrogens is 476 g/mol. The fourth-order valence-corrected chi connectivity index (χ4v) is 6.98. The van der Waals surface area contributed by atoms with E-state index in [1.807, 2.05) is 23.1 Å². The topological polar surface area (TPSA) is 87.1 Å². The first-order valence-corrected chi connectivity index (χ1v) is 15.5. The lowest BCUT2D eigenvalue weighted by Crippen LogP contribution is -2.57. The van der Waals surface area contributed by atoms with Crippen molar-refractivity contribution in [1.29, 1.82) is 0 Å². The Labute approximate surface area is 214 Å². The fourth-order valence-electron chi connectivity index (χ4n) is 5.61. The predicted octanol–water partition coefficient (Wildman–Crippen LogP) is 4.70. The summed E-state index contributed by atoms with van der Waals surface area (Å²) < 4.78 is 19.1. The minimum Gasteiger partial charge on any atom is -0.497 e. The smallest absolute Gasteiger partial charge is 0.418 e. The van der Waals surface area contributed by atoms with E-state index in [0.717, 1.165) is 28.4 Å². The van der Waals surface area contributed by atoms with Gasteiger partial charge >= 0.3 is 6.09 Å². The van der Waals surface area contributed by atoms with Crippen LogP contribution < -0.4 is 4.74 Å². The number of amides is 1. The molecule has 0 saturated carbocycles. The van der Waals surface area contributed by atoms with Gasteiger partial charge in [-0.3, -0.25) is 4.79 Å². The molecule has 3 heterocycles. The molecule has 0 unspecified atom stereocenters. The summed E-state index contributed by atoms with van der Waals surface area (Å²) in [5.41, 5.74) is 1.89. The van der Waals surface area contributed by atoms with Crippen LogP contribution in [-0.4, -0.2) is 68.5 Å². The van der Waals surface area contributed by atoms with Gasteiger partial charge in [-0.25, -0.2) is 9.36 Å². The van der Waals surface area contributed by atoms with Gasteiger partial charge in [-0.15, -0.1) is 0 Å². The number of hydrogen-bond acceptors (Lipinski definition) is 6. The monoisotopic (exact) mass is 514 g/mol. The molecule has 1 aromatic heterocycles. The summed E-state index contributed by atoms with van der Waals surface area (Å²) in [5.74, 6) is 0.725. The first-order chi connectivity index (χ1) is 16.9. The van der Waals surface area contributed by atoms with Crippen LogP contribution in [0.5, 0.6) is 5.75 Å². The highest BCUT2D eigenvalue weighted by molar-refractivity contribution is 6.74. The van der Waals surface area contributed by atoms with Crippen molar-refractivity contribution in [2.45, 2.75) is 82.7 Å². The highest BCUT2D eigenvalue weighted by Crippen LogP contribution is 2.46. The maximum Gasteiger partial charge on any atom is 0.418 e. The van der Waals surface area contributed by atoms with Crippen molar-refractivity contribution in [2.24, 2.45) is 0 Å². The van der Waals surface area contributed by atoms with E-state index in [2.05, 4.69) is 33.9 Å². The fraction of sp³-hybridized carbons (Fsp3) is 0.593. The van der Waals surface area contributed by atoms with Gasteiger partial charge < -0.3 is 23.6 Å². The molecule has 196 valence electrons. The highest BCUT2D eigenvalue weighted by Gasteiger charge is 2.56. The summed E-state index contributed by atoms with van der Waals surface area (Å²) in [6.07, 6.45) is 2.16. The molecular formula is C27H38N2O6Si. The lowest BCUT2D eigenvalue weighted by atomic mass is 9.82. The molecule has 1 fully saturated rings. The van der Waals surface area contributed by atoms with Gasteiger partial charge in [0.2, 0.25) is 5.91 Å². The summed E-state index contributed by atoms with van der Waals surface area (Å²) in [4.78, 5) is 40.2. The summed E-state index contributed by atoms with van der Waals surface area (Å²) in [6, 6.07) is 5.63. The number of carbonyl (C=O) groups is 3. The Morgan fingerprint density at radius 3 is 2.56 bits per heavy atom. The van der Waals surface area contributed by atoms with Crippen LogP contribution in [0.4, 0.5) is 4.79 Å². The third-order valence-electron chi connectivity index (χ3n) is 8.60. The first-order valence-electron chi connectivity index (χ1n) is 12.6. The highest BCUT2D eigenvalue weighted by atomic mass is 28.4. The maximum absolute atomic E-state index is 13.4. The van der Waals surface area contributed by atoms with Gasteiger partial charge in [0.25, 0.3) is 0 Å². The number of aromatic nitrogens is 1. The Balaban J connectivity index is 1.83. The molecule has 2 atom stereocenters. The van der Waals surface area contributed by atoms with Gasteiger partial charge in [0.15, 0.2) is 8.32 Å². The van der Waals surface area contributed by atoms with Crippen molar-refractivity contribution in [3.63, 3.8) is 0 Å². The maximum atomic E-state index is 13.4. The zero-order valence-corrected chi connectivity index (χ0v) is 23.5. The molecule has 0 aliphatic carbocycles. The molecule has 1 amide bonds. The van der Waals surface area contributed by atoms with Crippen molar-refractivity contribution >= 4 is 37.5 Å². The van der Waals surface area contributed by atoms with Gasteiger partial charge in [0.1, 0.15) is 12.0 Å². The molecule has 9 heteroatoms. The SMILES string of the molecule is COC(=O)n1c2c(c3cc(OC)ccc31)CCN1C(=O)C[C@H](O[Si](C)(C)C(C)(C)C)[C@]1(CC=O)CC2. The van der Waals surface area contributed by atoms with E-state index in [4.69, 9.17) is 13.9 Å². The van der Waals surface area contributed by atoms with E-state index in [1.54, 1.807) is 11.7 Å². The Kier molecular flexibility index (Phi) is 6.85. The van der Waals surface area contributed by atoms with E-state index in [-0.39, 0.29) is 29.9 Å². The second-order valence-corrected chi connectivity index (χ2v) is 16.2. The third-order valence-corrected chi connectivity index (χ3v) is 13.1. The van der Waals surface area contributed by atoms with E-state index >= 15 is 0 Å². The Bertz CT molecular complexity index is 1200. The molecule has 2 aromatic rings. The Morgan fingerprint density at radius 1 is 1.22 bits per heavy atom. The molecule has 1 saturated heterocycles. The number of ether oxygens (including phenoxy) is 2. The summed E-state index contributed by atoms with van der Waals surface area (Å²) in [6.45, 7) is 11.3. The van der Waals surface area contributed by atoms with Crippen molar-refractivity contribution in [3.05, 3.63) is 29.5 Å². The summed E-state index contributed by atoms with van der Waals surface area (Å²) in [5, 5.41) is 0.884. The van der Waals surface area contributed by atoms with Gasteiger partial charge in [-0.05, 0) is 61.2 Å². The number of hydrogen-bond donors (Lipinski definition) is 0. The van der Waals surface area contributed by atoms with Gasteiger partial charge in [-0.2, -0.15) is 0 Å². The Hall–Kier alpha value is -2.65. The Morgan fingerprint density at radius 2 is 1.94 bits per heavy atom. The van der Waals surface area contributed by atoms with Crippen LogP contribution in [-0.2, 0) is 31.6 Å². The quantitative estimate of drug-likeness (QED) is 0.424. The molecule has 8 nitrogen and oxygen atoms in total. The third kappa shape index (κ3) is 4.16. The number of nitrogens with zero attached hydrogens (tertiary/aromatic N) is 2. The second kappa shape index (κ2) is 9.34. The number of aldehydes is 1. The van der Waals surface area contributed by atoms with Gasteiger partial charge in [0.05, 0.1) is 37.8 Å². The van der Waals surface area contributed by atoms with Crippen LogP contribution in [0.25, 0.3) is 10.9 Å². The standard InChI is InChI=1S/C27H38N2O6Si/c1-26(2,3)36(6,7)35-23-17-24(31)28-14-11-19-20-16-18(33-4)8-9-21(20)29(25(32)34-5)22(19)10-12-27(23,28)13-15-30/h8-9,15-16,23H,10-14,17H2,1-7H3/t23-,27+/m0/s1. The molecule has 0 radical (unpaired) electrons. The molecule has 2 aliphatic rings. The molecule has 0 spiro atoms. The number of fused-ring (bicyclic) bond motifs is 4. The molecule has 1 aromatic carbocycles. The largest absolute Gasteiger partial charge is 0.497 e. The average Bonchev–Trinajstić information content (AvgIpc) is 3.23. The van der Waals surface area contributed by atoms with Gasteiger partial charge in [0, 0.05) is 24.0 Å². The lowest BCUT2D eigenvalue weighted by Gasteiger charge is -2.47. The lowest BCUT2D eigenvalue weighted by molar-refractivity contribution is -0.132. The molecule has 2 aliphatic heterocycles. The molecule has 4 rings (SSSR count). The number of benzene rings is 1. The van der Waals surface area contributed by atoms with Crippen molar-refractivity contribution in [1.82, 2.24) is 9.47 Å². The number of rotatable bonds is 5. The van der Waals surface area contributed by atoms with Crippen LogP contribution >= 0.6 is 0 Å². The van der Waals surface area contributed by atoms with E-state index < -0.39 is 19.9 Å². The van der Waals surface area contributed by atoms with Crippen LogP contribution in [0.15, 0.2) is 18.2 Å². The van der Waals surface area contributed by atoms with Crippen LogP contribution in [0, 0.1) is 0 Å². The van der Waals surface area contributed by atoms with Crippen molar-refractivity contribution in [3.8, 4) is 5.75 Å². The number of methoxy groups -OCH3 is 2. The summed E-state index contributed by atoms with van der Waals surface area (Å²) in [7, 11) is 0.777. The van der Waals surface area contributed by atoms with Crippen molar-refractivity contribution in [2.75, 3.05) is 20.8 Å². The first kappa shape index (κ1) is 26.4. The zero-order chi connectivity index (χ0) is 26.5. The minimum atomic E-state index is -2.21. The van der Waals surface area contributed by atoms with Gasteiger partial charge in [-0.1, -0.05) is 20.8 Å². The second-order valence-electron chi connectivity index (χ2n) is 11.5. The van der Waals surface area contributed by atoms with Crippen LogP contribution in [0.1, 0.15) is 51.3 Å².